The van der Waals surface area contributed by atoms with Crippen LogP contribution >= 0.6 is 0 Å². The van der Waals surface area contributed by atoms with Gasteiger partial charge in [0.2, 0.25) is 0 Å². The molecule has 0 amide bonds. The van der Waals surface area contributed by atoms with Gasteiger partial charge in [-0.25, -0.2) is 0 Å². The van der Waals surface area contributed by atoms with Gasteiger partial charge in [-0.05, 0) is 17.8 Å². The second kappa shape index (κ2) is 5.00. The van der Waals surface area contributed by atoms with Crippen molar-refractivity contribution in [3.8, 4) is 0 Å². The van der Waals surface area contributed by atoms with E-state index < -0.39 is 0 Å². The van der Waals surface area contributed by atoms with Gasteiger partial charge in [0.25, 0.3) is 0 Å². The molecule has 0 aliphatic heterocycles. The van der Waals surface area contributed by atoms with Gasteiger partial charge in [0.05, 0.1) is 0 Å². The molecule has 0 N–H and O–H groups in total. The molecule has 0 saturated heterocycles. The van der Waals surface area contributed by atoms with E-state index in [1.165, 1.54) is 16.5 Å². The molecule has 16 heavy (non-hydrogen) atoms. The molecular formula is C14H15BO. The fraction of sp³-hybridized carbons (Fsp3) is 0.143. The molecule has 80 valence electrons. The average molecular weight is 210 g/mol. The minimum Gasteiger partial charge on any atom is -0.430 e. The highest BCUT2D eigenvalue weighted by Gasteiger charge is 2.18. The topological polar surface area (TPSA) is 9.23 Å². The van der Waals surface area contributed by atoms with Crippen LogP contribution in [0.15, 0.2) is 54.6 Å². The van der Waals surface area contributed by atoms with Crippen molar-refractivity contribution < 1.29 is 4.65 Å². The van der Waals surface area contributed by atoms with E-state index in [-0.39, 0.29) is 6.92 Å². The quantitative estimate of drug-likeness (QED) is 0.701. The highest BCUT2D eigenvalue weighted by Crippen LogP contribution is 1.97. The molecule has 0 unspecified atom stereocenters. The van der Waals surface area contributed by atoms with Crippen LogP contribution in [0.3, 0.4) is 0 Å². The third kappa shape index (κ3) is 2.34. The lowest BCUT2D eigenvalue weighted by molar-refractivity contribution is 0.439. The monoisotopic (exact) mass is 210 g/mol. The Morgan fingerprint density at radius 1 is 0.812 bits per heavy atom. The molecule has 0 aromatic heterocycles. The molecule has 0 bridgehead atoms. The van der Waals surface area contributed by atoms with Crippen LogP contribution in [0.1, 0.15) is 5.56 Å². The molecule has 2 rings (SSSR count). The number of hydrogen-bond acceptors (Lipinski definition) is 1. The molecule has 0 heterocycles. The van der Waals surface area contributed by atoms with Gasteiger partial charge in [0.1, 0.15) is 0 Å². The second-order valence-electron chi connectivity index (χ2n) is 3.94. The zero-order valence-corrected chi connectivity index (χ0v) is 9.68. The van der Waals surface area contributed by atoms with E-state index in [4.69, 9.17) is 4.65 Å². The Balaban J connectivity index is 2.33. The van der Waals surface area contributed by atoms with Gasteiger partial charge >= 0.3 is 6.92 Å². The van der Waals surface area contributed by atoms with Crippen LogP contribution in [0.25, 0.3) is 0 Å². The van der Waals surface area contributed by atoms with Crippen molar-refractivity contribution in [2.24, 2.45) is 0 Å². The van der Waals surface area contributed by atoms with Gasteiger partial charge in [-0.15, -0.1) is 0 Å². The molecule has 0 saturated carbocycles. The summed E-state index contributed by atoms with van der Waals surface area (Å²) in [6, 6.07) is 18.8. The molecule has 0 aliphatic rings. The van der Waals surface area contributed by atoms with Gasteiger partial charge in [-0.2, -0.15) is 0 Å². The summed E-state index contributed by atoms with van der Waals surface area (Å²) in [6.07, 6.45) is 0. The number of benzene rings is 2. The van der Waals surface area contributed by atoms with Crippen molar-refractivity contribution in [3.05, 3.63) is 60.2 Å². The van der Waals surface area contributed by atoms with E-state index in [1.807, 2.05) is 18.2 Å². The third-order valence-electron chi connectivity index (χ3n) is 2.72. The first-order chi connectivity index (χ1) is 7.81. The second-order valence-corrected chi connectivity index (χ2v) is 3.94. The average Bonchev–Trinajstić information content (AvgIpc) is 2.34. The summed E-state index contributed by atoms with van der Waals surface area (Å²) in [5, 5.41) is 0. The Bertz CT molecular complexity index is 436. The number of aryl methyl sites for hydroxylation is 1. The zero-order valence-electron chi connectivity index (χ0n) is 9.68. The fourth-order valence-electron chi connectivity index (χ4n) is 1.83. The van der Waals surface area contributed by atoms with Crippen molar-refractivity contribution in [1.29, 1.82) is 0 Å². The van der Waals surface area contributed by atoms with Crippen molar-refractivity contribution in [3.63, 3.8) is 0 Å². The molecule has 2 aromatic carbocycles. The molecule has 1 nitrogen and oxygen atoms in total. The summed E-state index contributed by atoms with van der Waals surface area (Å²) in [7, 11) is 1.75. The maximum absolute atomic E-state index is 5.56. The molecule has 0 fully saturated rings. The van der Waals surface area contributed by atoms with Gasteiger partial charge in [-0.1, -0.05) is 60.2 Å². The predicted molar refractivity (Wildman–Crippen MR) is 69.7 cm³/mol. The first-order valence-electron chi connectivity index (χ1n) is 5.45. The van der Waals surface area contributed by atoms with Crippen LogP contribution in [0, 0.1) is 6.92 Å². The number of hydrogen-bond donors (Lipinski definition) is 0. The Labute approximate surface area is 97.2 Å². The van der Waals surface area contributed by atoms with Gasteiger partial charge in [0.15, 0.2) is 0 Å². The van der Waals surface area contributed by atoms with Crippen LogP contribution in [0.4, 0.5) is 0 Å². The van der Waals surface area contributed by atoms with Crippen molar-refractivity contribution >= 4 is 17.8 Å². The summed E-state index contributed by atoms with van der Waals surface area (Å²) in [4.78, 5) is 0. The lowest BCUT2D eigenvalue weighted by atomic mass is 9.55. The van der Waals surface area contributed by atoms with E-state index in [9.17, 15) is 0 Å². The SMILES string of the molecule is COB(c1ccccc1)c1ccc(C)cc1. The summed E-state index contributed by atoms with van der Waals surface area (Å²) in [5.74, 6) is 0. The van der Waals surface area contributed by atoms with Gasteiger partial charge in [0, 0.05) is 7.11 Å². The van der Waals surface area contributed by atoms with E-state index in [1.54, 1.807) is 7.11 Å². The lowest BCUT2D eigenvalue weighted by Crippen LogP contribution is -2.43. The normalized spacial score (nSPS) is 10.1. The predicted octanol–water partition coefficient (Wildman–Crippen LogP) is 1.75. The third-order valence-corrected chi connectivity index (χ3v) is 2.72. The molecule has 0 spiro atoms. The van der Waals surface area contributed by atoms with Gasteiger partial charge in [-0.3, -0.25) is 0 Å². The first kappa shape index (κ1) is 11.0. The maximum atomic E-state index is 5.56. The Hall–Kier alpha value is -1.54. The fourth-order valence-corrected chi connectivity index (χ4v) is 1.83. The van der Waals surface area contributed by atoms with Crippen LogP contribution in [0.5, 0.6) is 0 Å². The minimum absolute atomic E-state index is 0.0294. The Kier molecular flexibility index (Phi) is 3.42. The lowest BCUT2D eigenvalue weighted by Gasteiger charge is -2.12. The molecule has 2 heteroatoms. The van der Waals surface area contributed by atoms with E-state index in [0.717, 1.165) is 0 Å². The first-order valence-corrected chi connectivity index (χ1v) is 5.45. The highest BCUT2D eigenvalue weighted by molar-refractivity contribution is 6.79. The largest absolute Gasteiger partial charge is 0.430 e. The molecule has 0 radical (unpaired) electrons. The van der Waals surface area contributed by atoms with Crippen LogP contribution < -0.4 is 10.9 Å². The van der Waals surface area contributed by atoms with Crippen molar-refractivity contribution in [2.75, 3.05) is 7.11 Å². The summed E-state index contributed by atoms with van der Waals surface area (Å²) >= 11 is 0. The van der Waals surface area contributed by atoms with Crippen molar-refractivity contribution in [1.82, 2.24) is 0 Å². The minimum atomic E-state index is 0.0294. The Morgan fingerprint density at radius 2 is 1.38 bits per heavy atom. The summed E-state index contributed by atoms with van der Waals surface area (Å²) < 4.78 is 5.56. The maximum Gasteiger partial charge on any atom is 0.361 e. The van der Waals surface area contributed by atoms with Crippen LogP contribution in [-0.4, -0.2) is 14.0 Å². The summed E-state index contributed by atoms with van der Waals surface area (Å²) in [6.45, 7) is 2.12. The van der Waals surface area contributed by atoms with Crippen molar-refractivity contribution in [2.45, 2.75) is 6.92 Å². The van der Waals surface area contributed by atoms with E-state index >= 15 is 0 Å². The molecule has 2 aromatic rings. The zero-order chi connectivity index (χ0) is 11.4. The van der Waals surface area contributed by atoms with E-state index in [0.29, 0.717) is 0 Å². The van der Waals surface area contributed by atoms with E-state index in [2.05, 4.69) is 43.3 Å². The number of rotatable bonds is 3. The Morgan fingerprint density at radius 3 is 1.94 bits per heavy atom. The highest BCUT2D eigenvalue weighted by atomic mass is 16.4. The smallest absolute Gasteiger partial charge is 0.361 e. The molecular weight excluding hydrogens is 195 g/mol. The molecule has 0 aliphatic carbocycles. The van der Waals surface area contributed by atoms with Crippen LogP contribution in [0.2, 0.25) is 0 Å². The standard InChI is InChI=1S/C14H15BO/c1-12-8-10-14(11-9-12)15(16-2)13-6-4-3-5-7-13/h3-11H,1-2H3. The summed E-state index contributed by atoms with van der Waals surface area (Å²) in [5.41, 5.74) is 3.65. The molecule has 0 atom stereocenters. The van der Waals surface area contributed by atoms with Crippen LogP contribution in [-0.2, 0) is 4.65 Å². The van der Waals surface area contributed by atoms with Gasteiger partial charge < -0.3 is 4.65 Å².